The summed E-state index contributed by atoms with van der Waals surface area (Å²) in [5.74, 6) is -0.183. The van der Waals surface area contributed by atoms with Crippen LogP contribution in [-0.4, -0.2) is 44.6 Å². The van der Waals surface area contributed by atoms with Crippen molar-refractivity contribution in [1.82, 2.24) is 5.32 Å². The first-order chi connectivity index (χ1) is 17.8. The molecule has 0 bridgehead atoms. The van der Waals surface area contributed by atoms with Gasteiger partial charge in [0.25, 0.3) is 5.91 Å². The number of unbranched alkanes of at least 4 members (excludes halogenated alkanes) is 13. The van der Waals surface area contributed by atoms with Gasteiger partial charge >= 0.3 is 0 Å². The lowest BCUT2D eigenvalue weighted by molar-refractivity contribution is 0.0950. The first-order valence-corrected chi connectivity index (χ1v) is 16.2. The SMILES string of the molecule is CCCCCCCCCCCCCCCCNC(=O)c1cc(OCCS(C)(=O)=O)c2ccccc2c1O. The number of carbonyl (C=O) groups is 1. The number of hydrogen-bond acceptors (Lipinski definition) is 5. The van der Waals surface area contributed by atoms with E-state index in [0.717, 1.165) is 19.1 Å². The predicted molar refractivity (Wildman–Crippen MR) is 153 cm³/mol. The number of phenols is 1. The minimum atomic E-state index is -3.17. The zero-order valence-corrected chi connectivity index (χ0v) is 23.7. The Morgan fingerprint density at radius 1 is 0.838 bits per heavy atom. The molecule has 0 aromatic heterocycles. The van der Waals surface area contributed by atoms with Crippen molar-refractivity contribution in [2.24, 2.45) is 0 Å². The van der Waals surface area contributed by atoms with E-state index in [9.17, 15) is 18.3 Å². The highest BCUT2D eigenvalue weighted by Gasteiger charge is 2.18. The molecule has 0 heterocycles. The summed E-state index contributed by atoms with van der Waals surface area (Å²) in [5, 5.41) is 14.8. The number of nitrogens with one attached hydrogen (secondary N) is 1. The van der Waals surface area contributed by atoms with E-state index in [4.69, 9.17) is 4.74 Å². The summed E-state index contributed by atoms with van der Waals surface area (Å²) in [4.78, 5) is 12.8. The lowest BCUT2D eigenvalue weighted by atomic mass is 10.0. The summed E-state index contributed by atoms with van der Waals surface area (Å²) in [7, 11) is -3.17. The van der Waals surface area contributed by atoms with Crippen molar-refractivity contribution in [3.63, 3.8) is 0 Å². The molecule has 0 unspecified atom stereocenters. The fraction of sp³-hybridized carbons (Fsp3) is 0.633. The Morgan fingerprint density at radius 3 is 1.89 bits per heavy atom. The topological polar surface area (TPSA) is 92.7 Å². The van der Waals surface area contributed by atoms with E-state index in [1.54, 1.807) is 24.3 Å². The van der Waals surface area contributed by atoms with E-state index < -0.39 is 9.84 Å². The second-order valence-corrected chi connectivity index (χ2v) is 12.4. The van der Waals surface area contributed by atoms with E-state index in [2.05, 4.69) is 12.2 Å². The number of carbonyl (C=O) groups excluding carboxylic acids is 1. The quantitative estimate of drug-likeness (QED) is 0.176. The predicted octanol–water partition coefficient (Wildman–Crippen LogP) is 7.18. The Hall–Kier alpha value is -2.28. The maximum Gasteiger partial charge on any atom is 0.255 e. The average Bonchev–Trinajstić information content (AvgIpc) is 2.87. The van der Waals surface area contributed by atoms with Gasteiger partial charge in [-0.05, 0) is 12.5 Å². The van der Waals surface area contributed by atoms with E-state index in [1.165, 1.54) is 83.1 Å². The van der Waals surface area contributed by atoms with Gasteiger partial charge in [-0.1, -0.05) is 115 Å². The molecule has 0 atom stereocenters. The maximum absolute atomic E-state index is 12.8. The van der Waals surface area contributed by atoms with Crippen molar-refractivity contribution in [1.29, 1.82) is 0 Å². The number of fused-ring (bicyclic) bond motifs is 1. The van der Waals surface area contributed by atoms with E-state index in [0.29, 0.717) is 23.1 Å². The Bertz CT molecular complexity index is 1050. The molecule has 2 aromatic rings. The molecular formula is C30H47NO5S. The van der Waals surface area contributed by atoms with Crippen LogP contribution in [0.1, 0.15) is 107 Å². The highest BCUT2D eigenvalue weighted by Crippen LogP contribution is 2.36. The summed E-state index contributed by atoms with van der Waals surface area (Å²) in [6, 6.07) is 8.58. The van der Waals surface area contributed by atoms with Crippen molar-refractivity contribution >= 4 is 26.5 Å². The number of aromatic hydroxyl groups is 1. The molecule has 0 aliphatic rings. The standard InChI is InChI=1S/C30H47NO5S/c1-3-4-5-6-7-8-9-10-11-12-13-14-15-18-21-31-30(33)27-24-28(36-22-23-37(2,34)35)25-19-16-17-20-26(25)29(27)32/h16-17,19-20,24,32H,3-15,18,21-23H2,1-2H3,(H,31,33). The maximum atomic E-state index is 12.8. The van der Waals surface area contributed by atoms with E-state index in [-0.39, 0.29) is 29.6 Å². The molecule has 37 heavy (non-hydrogen) atoms. The van der Waals surface area contributed by atoms with Crippen LogP contribution in [-0.2, 0) is 9.84 Å². The summed E-state index contributed by atoms with van der Waals surface area (Å²) in [6.07, 6.45) is 19.1. The van der Waals surface area contributed by atoms with Gasteiger partial charge in [-0.25, -0.2) is 8.42 Å². The highest BCUT2D eigenvalue weighted by atomic mass is 32.2. The summed E-state index contributed by atoms with van der Waals surface area (Å²) >= 11 is 0. The Labute approximate surface area is 224 Å². The molecule has 0 fully saturated rings. The lowest BCUT2D eigenvalue weighted by Gasteiger charge is -2.14. The number of sulfone groups is 1. The number of rotatable bonds is 20. The molecule has 0 aliphatic carbocycles. The summed E-state index contributed by atoms with van der Waals surface area (Å²) < 4.78 is 28.6. The third-order valence-corrected chi connectivity index (χ3v) is 7.66. The van der Waals surface area contributed by atoms with Crippen molar-refractivity contribution in [2.75, 3.05) is 25.2 Å². The number of ether oxygens (including phenoxy) is 1. The number of benzene rings is 2. The van der Waals surface area contributed by atoms with Crippen molar-refractivity contribution in [3.05, 3.63) is 35.9 Å². The van der Waals surface area contributed by atoms with E-state index in [1.807, 2.05) is 0 Å². The molecule has 0 aliphatic heterocycles. The Balaban J connectivity index is 1.69. The molecule has 0 spiro atoms. The van der Waals surface area contributed by atoms with Crippen LogP contribution in [0.5, 0.6) is 11.5 Å². The summed E-state index contributed by atoms with van der Waals surface area (Å²) in [6.45, 7) is 2.79. The molecule has 2 N–H and O–H groups in total. The molecule has 0 saturated heterocycles. The van der Waals surface area contributed by atoms with Gasteiger partial charge < -0.3 is 15.2 Å². The second kappa shape index (κ2) is 17.3. The number of phenolic OH excluding ortho intramolecular Hbond substituents is 1. The van der Waals surface area contributed by atoms with E-state index >= 15 is 0 Å². The minimum absolute atomic E-state index is 0.0201. The smallest absolute Gasteiger partial charge is 0.255 e. The molecule has 6 nitrogen and oxygen atoms in total. The van der Waals surface area contributed by atoms with Gasteiger partial charge in [0, 0.05) is 23.6 Å². The van der Waals surface area contributed by atoms with Crippen molar-refractivity contribution in [2.45, 2.75) is 96.8 Å². The molecule has 7 heteroatoms. The van der Waals surface area contributed by atoms with Crippen LogP contribution in [0.2, 0.25) is 0 Å². The number of hydrogen-bond donors (Lipinski definition) is 2. The van der Waals surface area contributed by atoms with Crippen LogP contribution in [0.15, 0.2) is 30.3 Å². The third kappa shape index (κ3) is 12.2. The van der Waals surface area contributed by atoms with Gasteiger partial charge in [0.1, 0.15) is 18.1 Å². The fourth-order valence-electron chi connectivity index (χ4n) is 4.54. The van der Waals surface area contributed by atoms with Crippen molar-refractivity contribution < 1.29 is 23.1 Å². The number of amides is 1. The van der Waals surface area contributed by atoms with Gasteiger partial charge in [0.05, 0.1) is 11.3 Å². The highest BCUT2D eigenvalue weighted by molar-refractivity contribution is 7.90. The molecule has 0 saturated carbocycles. The van der Waals surface area contributed by atoms with Crippen LogP contribution in [0.25, 0.3) is 10.8 Å². The molecule has 2 aromatic carbocycles. The van der Waals surface area contributed by atoms with Crippen LogP contribution in [0.3, 0.4) is 0 Å². The van der Waals surface area contributed by atoms with Crippen LogP contribution in [0, 0.1) is 0 Å². The zero-order valence-electron chi connectivity index (χ0n) is 22.9. The average molecular weight is 534 g/mol. The monoisotopic (exact) mass is 533 g/mol. The Morgan fingerprint density at radius 2 is 1.35 bits per heavy atom. The largest absolute Gasteiger partial charge is 0.506 e. The lowest BCUT2D eigenvalue weighted by Crippen LogP contribution is -2.24. The minimum Gasteiger partial charge on any atom is -0.506 e. The van der Waals surface area contributed by atoms with Gasteiger partial charge in [0.15, 0.2) is 9.84 Å². The van der Waals surface area contributed by atoms with Crippen LogP contribution < -0.4 is 10.1 Å². The molecule has 0 radical (unpaired) electrons. The molecular weight excluding hydrogens is 486 g/mol. The first kappa shape index (κ1) is 30.9. The van der Waals surface area contributed by atoms with Gasteiger partial charge in [0.2, 0.25) is 0 Å². The second-order valence-electron chi connectivity index (χ2n) is 10.1. The van der Waals surface area contributed by atoms with Gasteiger partial charge in [-0.3, -0.25) is 4.79 Å². The third-order valence-electron chi connectivity index (χ3n) is 6.75. The van der Waals surface area contributed by atoms with Gasteiger partial charge in [-0.15, -0.1) is 0 Å². The fourth-order valence-corrected chi connectivity index (χ4v) is 4.93. The molecule has 2 rings (SSSR count). The van der Waals surface area contributed by atoms with Gasteiger partial charge in [-0.2, -0.15) is 0 Å². The normalized spacial score (nSPS) is 11.6. The molecule has 208 valence electrons. The first-order valence-electron chi connectivity index (χ1n) is 14.2. The van der Waals surface area contributed by atoms with Crippen molar-refractivity contribution in [3.8, 4) is 11.5 Å². The zero-order chi connectivity index (χ0) is 26.9. The van der Waals surface area contributed by atoms with Crippen LogP contribution >= 0.6 is 0 Å². The molecule has 1 amide bonds. The summed E-state index contributed by atoms with van der Waals surface area (Å²) in [5.41, 5.74) is 0.137. The Kier molecular flexibility index (Phi) is 14.4. The van der Waals surface area contributed by atoms with Crippen LogP contribution in [0.4, 0.5) is 0 Å².